The Labute approximate surface area is 240 Å². The van der Waals surface area contributed by atoms with Gasteiger partial charge in [-0.2, -0.15) is 0 Å². The quantitative estimate of drug-likeness (QED) is 0.169. The van der Waals surface area contributed by atoms with Gasteiger partial charge in [0.1, 0.15) is 17.0 Å². The van der Waals surface area contributed by atoms with Gasteiger partial charge in [0.05, 0.1) is 5.69 Å². The van der Waals surface area contributed by atoms with Crippen LogP contribution in [0.4, 0.5) is 0 Å². The van der Waals surface area contributed by atoms with Crippen LogP contribution >= 0.6 is 11.3 Å². The van der Waals surface area contributed by atoms with Gasteiger partial charge in [-0.15, -0.1) is 11.3 Å². The Morgan fingerprint density at radius 1 is 0.900 bits per heavy atom. The van der Waals surface area contributed by atoms with Gasteiger partial charge in [0.15, 0.2) is 0 Å². The van der Waals surface area contributed by atoms with Crippen LogP contribution in [0.5, 0.6) is 0 Å². The van der Waals surface area contributed by atoms with Gasteiger partial charge >= 0.3 is 0 Å². The summed E-state index contributed by atoms with van der Waals surface area (Å²) in [6, 6.07) is 21.7. The molecular formula is C33H38N6S. The minimum atomic E-state index is 0.473. The third-order valence-corrected chi connectivity index (χ3v) is 8.91. The van der Waals surface area contributed by atoms with E-state index in [9.17, 15) is 0 Å². The van der Waals surface area contributed by atoms with E-state index < -0.39 is 0 Å². The molecule has 40 heavy (non-hydrogen) atoms. The second-order valence-electron chi connectivity index (χ2n) is 10.9. The highest BCUT2D eigenvalue weighted by Gasteiger charge is 2.28. The van der Waals surface area contributed by atoms with Gasteiger partial charge in [-0.05, 0) is 75.3 Å². The van der Waals surface area contributed by atoms with Gasteiger partial charge in [-0.3, -0.25) is 0 Å². The lowest BCUT2D eigenvalue weighted by molar-refractivity contribution is 0.452. The van der Waals surface area contributed by atoms with E-state index >= 15 is 0 Å². The zero-order valence-electron chi connectivity index (χ0n) is 23.0. The summed E-state index contributed by atoms with van der Waals surface area (Å²) >= 11 is 1.72. The molecule has 0 bridgehead atoms. The van der Waals surface area contributed by atoms with E-state index in [-0.39, 0.29) is 0 Å². The molecule has 3 aromatic heterocycles. The predicted molar refractivity (Wildman–Crippen MR) is 165 cm³/mol. The lowest BCUT2D eigenvalue weighted by Gasteiger charge is -2.15. The molecule has 1 fully saturated rings. The summed E-state index contributed by atoms with van der Waals surface area (Å²) in [5.74, 6) is 0.705. The van der Waals surface area contributed by atoms with Crippen molar-refractivity contribution in [2.75, 3.05) is 26.2 Å². The van der Waals surface area contributed by atoms with E-state index in [4.69, 9.17) is 9.97 Å². The Morgan fingerprint density at radius 3 is 2.55 bits per heavy atom. The third kappa shape index (κ3) is 6.66. The normalized spacial score (nSPS) is 17.1. The summed E-state index contributed by atoms with van der Waals surface area (Å²) < 4.78 is 2.40. The molecule has 206 valence electrons. The second-order valence-corrected chi connectivity index (χ2v) is 11.8. The lowest BCUT2D eigenvalue weighted by atomic mass is 10.1. The summed E-state index contributed by atoms with van der Waals surface area (Å²) in [6.07, 6.45) is 12.7. The molecule has 0 spiro atoms. The summed E-state index contributed by atoms with van der Waals surface area (Å²) in [6.45, 7) is 4.27. The van der Waals surface area contributed by atoms with Gasteiger partial charge in [0.2, 0.25) is 0 Å². The molecule has 1 aliphatic carbocycles. The predicted octanol–water partition coefficient (Wildman–Crippen LogP) is 6.30. The molecule has 6 nitrogen and oxygen atoms in total. The standard InChI is InChI=1S/C33H38N6S/c1-3-8-25(9-4-1)14-17-34-15-7-16-35-20-27-12-13-29(19-27)39-22-31(30-21-36-24-37-32(30)39)33-38-28(23-40-33)18-26-10-5-2-6-11-26/h1-6,8-11,21-24,27,29,34-35H,7,12-20H2. The highest BCUT2D eigenvalue weighted by atomic mass is 32.1. The minimum absolute atomic E-state index is 0.473. The van der Waals surface area contributed by atoms with Gasteiger partial charge in [-0.1, -0.05) is 60.7 Å². The van der Waals surface area contributed by atoms with Crippen LogP contribution in [-0.4, -0.2) is 45.7 Å². The Kier molecular flexibility index (Phi) is 8.92. The van der Waals surface area contributed by atoms with Crippen molar-refractivity contribution in [2.45, 2.75) is 44.6 Å². The molecule has 0 radical (unpaired) electrons. The molecule has 0 aliphatic heterocycles. The molecule has 1 saturated carbocycles. The maximum Gasteiger partial charge on any atom is 0.144 e. The fraction of sp³-hybridized carbons (Fsp3) is 0.364. The molecule has 7 heteroatoms. The average Bonchev–Trinajstić information content (AvgIpc) is 3.74. The van der Waals surface area contributed by atoms with Crippen molar-refractivity contribution < 1.29 is 0 Å². The molecule has 0 amide bonds. The number of thiazole rings is 1. The molecule has 3 heterocycles. The number of hydrogen-bond acceptors (Lipinski definition) is 6. The van der Waals surface area contributed by atoms with Gasteiger partial charge in [0.25, 0.3) is 0 Å². The molecular weight excluding hydrogens is 512 g/mol. The number of benzene rings is 2. The van der Waals surface area contributed by atoms with E-state index in [1.54, 1.807) is 17.7 Å². The van der Waals surface area contributed by atoms with Gasteiger partial charge in [-0.25, -0.2) is 15.0 Å². The van der Waals surface area contributed by atoms with Gasteiger partial charge < -0.3 is 15.2 Å². The van der Waals surface area contributed by atoms with Gasteiger partial charge in [0, 0.05) is 41.2 Å². The maximum absolute atomic E-state index is 5.01. The maximum atomic E-state index is 5.01. The monoisotopic (exact) mass is 550 g/mol. The minimum Gasteiger partial charge on any atom is -0.329 e. The number of rotatable bonds is 13. The first-order valence-corrected chi connectivity index (χ1v) is 15.5. The van der Waals surface area contributed by atoms with Crippen LogP contribution < -0.4 is 10.6 Å². The van der Waals surface area contributed by atoms with Crippen LogP contribution in [0.3, 0.4) is 0 Å². The van der Waals surface area contributed by atoms with Crippen LogP contribution in [0.25, 0.3) is 21.6 Å². The molecule has 2 N–H and O–H groups in total. The van der Waals surface area contributed by atoms with E-state index in [1.807, 2.05) is 6.20 Å². The zero-order chi connectivity index (χ0) is 27.0. The van der Waals surface area contributed by atoms with Crippen LogP contribution in [0, 0.1) is 5.92 Å². The Bertz CT molecular complexity index is 1480. The SMILES string of the molecule is c1ccc(CCNCCCNCC2CCC(n3cc(-c4nc(Cc5ccccc5)cs4)c4cncnc43)C2)cc1. The largest absolute Gasteiger partial charge is 0.329 e. The van der Waals surface area contributed by atoms with Crippen molar-refractivity contribution in [3.05, 3.63) is 102 Å². The van der Waals surface area contributed by atoms with Crippen molar-refractivity contribution in [1.29, 1.82) is 0 Å². The third-order valence-electron chi connectivity index (χ3n) is 7.98. The summed E-state index contributed by atoms with van der Waals surface area (Å²) in [4.78, 5) is 14.1. The average molecular weight is 551 g/mol. The summed E-state index contributed by atoms with van der Waals surface area (Å²) in [7, 11) is 0. The van der Waals surface area contributed by atoms with E-state index in [1.165, 1.54) is 30.4 Å². The van der Waals surface area contributed by atoms with Crippen LogP contribution in [0.2, 0.25) is 0 Å². The fourth-order valence-corrected chi connectivity index (χ4v) is 6.73. The highest BCUT2D eigenvalue weighted by Crippen LogP contribution is 2.39. The topological polar surface area (TPSA) is 67.7 Å². The molecule has 1 aliphatic rings. The molecule has 2 atom stereocenters. The van der Waals surface area contributed by atoms with Crippen LogP contribution in [-0.2, 0) is 12.8 Å². The number of fused-ring (bicyclic) bond motifs is 1. The zero-order valence-corrected chi connectivity index (χ0v) is 23.8. The second kappa shape index (κ2) is 13.3. The summed E-state index contributed by atoms with van der Waals surface area (Å²) in [5, 5.41) is 11.6. The summed E-state index contributed by atoms with van der Waals surface area (Å²) in [5.41, 5.74) is 5.99. The molecule has 6 rings (SSSR count). The van der Waals surface area contributed by atoms with Crippen molar-refractivity contribution in [1.82, 2.24) is 30.2 Å². The Morgan fingerprint density at radius 2 is 1.70 bits per heavy atom. The van der Waals surface area contributed by atoms with E-state index in [0.29, 0.717) is 12.0 Å². The number of hydrogen-bond donors (Lipinski definition) is 2. The van der Waals surface area contributed by atoms with E-state index in [2.05, 4.69) is 92.4 Å². The first-order chi connectivity index (χ1) is 19.8. The van der Waals surface area contributed by atoms with E-state index in [0.717, 1.165) is 72.7 Å². The molecule has 5 aromatic rings. The fourth-order valence-electron chi connectivity index (χ4n) is 5.89. The molecule has 0 saturated heterocycles. The number of nitrogens with one attached hydrogen (secondary N) is 2. The van der Waals surface area contributed by atoms with Crippen molar-refractivity contribution >= 4 is 22.4 Å². The van der Waals surface area contributed by atoms with Crippen molar-refractivity contribution in [2.24, 2.45) is 5.92 Å². The number of nitrogens with zero attached hydrogens (tertiary/aromatic N) is 4. The van der Waals surface area contributed by atoms with Crippen molar-refractivity contribution in [3.8, 4) is 10.6 Å². The molecule has 2 unspecified atom stereocenters. The van der Waals surface area contributed by atoms with Crippen molar-refractivity contribution in [3.63, 3.8) is 0 Å². The molecule has 2 aromatic carbocycles. The van der Waals surface area contributed by atoms with Crippen LogP contribution in [0.15, 0.2) is 84.8 Å². The Hall–Kier alpha value is -3.39. The first-order valence-electron chi connectivity index (χ1n) is 14.6. The highest BCUT2D eigenvalue weighted by molar-refractivity contribution is 7.13. The van der Waals surface area contributed by atoms with Crippen LogP contribution in [0.1, 0.15) is 48.5 Å². The Balaban J connectivity index is 1.00. The smallest absolute Gasteiger partial charge is 0.144 e. The number of aromatic nitrogens is 4. The lowest BCUT2D eigenvalue weighted by Crippen LogP contribution is -2.26. The first kappa shape index (κ1) is 26.8.